The summed E-state index contributed by atoms with van der Waals surface area (Å²) in [5, 5.41) is 0. The molecule has 0 fully saturated rings. The molecule has 0 bridgehead atoms. The van der Waals surface area contributed by atoms with Crippen molar-refractivity contribution in [1.82, 2.24) is 0 Å². The quantitative estimate of drug-likeness (QED) is 0.854. The Labute approximate surface area is 116 Å². The molecular weight excluding hydrogens is 230 g/mol. The number of rotatable bonds is 5. The Morgan fingerprint density at radius 1 is 0.895 bits per heavy atom. The zero-order chi connectivity index (χ0) is 13.7. The van der Waals surface area contributed by atoms with Gasteiger partial charge in [-0.25, -0.2) is 0 Å². The van der Waals surface area contributed by atoms with E-state index in [4.69, 9.17) is 5.73 Å². The van der Waals surface area contributed by atoms with Crippen LogP contribution in [0.15, 0.2) is 48.5 Å². The maximum absolute atomic E-state index is 6.34. The largest absolute Gasteiger partial charge is 0.324 e. The lowest BCUT2D eigenvalue weighted by atomic mass is 9.94. The highest BCUT2D eigenvalue weighted by atomic mass is 14.6. The number of hydrogen-bond donors (Lipinski definition) is 1. The average molecular weight is 253 g/mol. The summed E-state index contributed by atoms with van der Waals surface area (Å²) in [4.78, 5) is 0. The predicted molar refractivity (Wildman–Crippen MR) is 82.3 cm³/mol. The average Bonchev–Trinajstić information content (AvgIpc) is 2.47. The molecule has 1 nitrogen and oxygen atoms in total. The number of hydrogen-bond acceptors (Lipinski definition) is 1. The topological polar surface area (TPSA) is 26.0 Å². The molecule has 0 saturated carbocycles. The molecule has 2 aromatic rings. The molecule has 100 valence electrons. The van der Waals surface area contributed by atoms with Gasteiger partial charge in [0.2, 0.25) is 0 Å². The van der Waals surface area contributed by atoms with Gasteiger partial charge in [0, 0.05) is 6.04 Å². The van der Waals surface area contributed by atoms with E-state index in [2.05, 4.69) is 56.3 Å². The summed E-state index contributed by atoms with van der Waals surface area (Å²) in [6.07, 6.45) is 3.07. The van der Waals surface area contributed by atoms with Crippen LogP contribution in [0.25, 0.3) is 0 Å². The molecule has 0 aromatic heterocycles. The van der Waals surface area contributed by atoms with Crippen LogP contribution < -0.4 is 5.73 Å². The van der Waals surface area contributed by atoms with Crippen LogP contribution in [0.3, 0.4) is 0 Å². The Balaban J connectivity index is 2.17. The van der Waals surface area contributed by atoms with Crippen molar-refractivity contribution in [3.8, 4) is 0 Å². The van der Waals surface area contributed by atoms with Gasteiger partial charge < -0.3 is 5.73 Å². The van der Waals surface area contributed by atoms with E-state index < -0.39 is 0 Å². The maximum Gasteiger partial charge on any atom is 0.0335 e. The van der Waals surface area contributed by atoms with E-state index in [9.17, 15) is 0 Å². The van der Waals surface area contributed by atoms with Crippen molar-refractivity contribution in [2.24, 2.45) is 5.73 Å². The summed E-state index contributed by atoms with van der Waals surface area (Å²) in [5.41, 5.74) is 11.8. The molecule has 2 N–H and O–H groups in total. The van der Waals surface area contributed by atoms with Crippen molar-refractivity contribution >= 4 is 0 Å². The van der Waals surface area contributed by atoms with Crippen molar-refractivity contribution < 1.29 is 0 Å². The van der Waals surface area contributed by atoms with E-state index in [1.165, 1.54) is 22.3 Å². The molecule has 2 aromatic carbocycles. The molecule has 2 rings (SSSR count). The summed E-state index contributed by atoms with van der Waals surface area (Å²) >= 11 is 0. The first-order valence-corrected chi connectivity index (χ1v) is 7.15. The van der Waals surface area contributed by atoms with Crippen molar-refractivity contribution in [3.63, 3.8) is 0 Å². The third kappa shape index (κ3) is 3.45. The van der Waals surface area contributed by atoms with Crippen molar-refractivity contribution in [3.05, 3.63) is 70.8 Å². The molecule has 0 radical (unpaired) electrons. The van der Waals surface area contributed by atoms with Crippen LogP contribution in [0.2, 0.25) is 0 Å². The molecule has 19 heavy (non-hydrogen) atoms. The standard InChI is InChI=1S/C18H23N/c1-3-15-10-11-17(13-16(15)4-2)18(19)12-14-8-6-5-7-9-14/h5-11,13,18H,3-4,12,19H2,1-2H3. The number of nitrogens with two attached hydrogens (primary N) is 1. The third-order valence-corrected chi connectivity index (χ3v) is 3.72. The molecule has 1 heteroatoms. The van der Waals surface area contributed by atoms with Crippen LogP contribution in [0.5, 0.6) is 0 Å². The minimum atomic E-state index is 0.0820. The lowest BCUT2D eigenvalue weighted by Gasteiger charge is -2.15. The van der Waals surface area contributed by atoms with Crippen LogP contribution >= 0.6 is 0 Å². The summed E-state index contributed by atoms with van der Waals surface area (Å²) in [5.74, 6) is 0. The second kappa shape index (κ2) is 6.53. The fourth-order valence-corrected chi connectivity index (χ4v) is 2.54. The Kier molecular flexibility index (Phi) is 4.75. The van der Waals surface area contributed by atoms with Gasteiger partial charge in [0.15, 0.2) is 0 Å². The molecule has 0 heterocycles. The van der Waals surface area contributed by atoms with Gasteiger partial charge in [0.1, 0.15) is 0 Å². The van der Waals surface area contributed by atoms with Gasteiger partial charge in [-0.05, 0) is 41.5 Å². The molecule has 0 amide bonds. The summed E-state index contributed by atoms with van der Waals surface area (Å²) in [6.45, 7) is 4.42. The van der Waals surface area contributed by atoms with Crippen LogP contribution in [-0.4, -0.2) is 0 Å². The Bertz CT molecular complexity index is 516. The van der Waals surface area contributed by atoms with Crippen LogP contribution in [0, 0.1) is 0 Å². The SMILES string of the molecule is CCc1ccc(C(N)Cc2ccccc2)cc1CC. The zero-order valence-corrected chi connectivity index (χ0v) is 11.9. The highest BCUT2D eigenvalue weighted by Crippen LogP contribution is 2.20. The predicted octanol–water partition coefficient (Wildman–Crippen LogP) is 4.05. The highest BCUT2D eigenvalue weighted by Gasteiger charge is 2.09. The summed E-state index contributed by atoms with van der Waals surface area (Å²) < 4.78 is 0. The monoisotopic (exact) mass is 253 g/mol. The first-order valence-electron chi connectivity index (χ1n) is 7.15. The van der Waals surface area contributed by atoms with Gasteiger partial charge in [0.25, 0.3) is 0 Å². The van der Waals surface area contributed by atoms with E-state index in [0.29, 0.717) is 0 Å². The fourth-order valence-electron chi connectivity index (χ4n) is 2.54. The molecule has 0 aliphatic carbocycles. The second-order valence-corrected chi connectivity index (χ2v) is 5.03. The van der Waals surface area contributed by atoms with E-state index in [1.807, 2.05) is 6.07 Å². The first kappa shape index (κ1) is 13.8. The molecule has 1 unspecified atom stereocenters. The zero-order valence-electron chi connectivity index (χ0n) is 11.9. The number of aryl methyl sites for hydroxylation is 2. The van der Waals surface area contributed by atoms with Crippen LogP contribution in [0.4, 0.5) is 0 Å². The smallest absolute Gasteiger partial charge is 0.0335 e. The van der Waals surface area contributed by atoms with Gasteiger partial charge in [-0.3, -0.25) is 0 Å². The normalized spacial score (nSPS) is 12.4. The van der Waals surface area contributed by atoms with Gasteiger partial charge >= 0.3 is 0 Å². The van der Waals surface area contributed by atoms with Crippen LogP contribution in [-0.2, 0) is 19.3 Å². The Hall–Kier alpha value is -1.60. The number of benzene rings is 2. The van der Waals surface area contributed by atoms with Gasteiger partial charge in [-0.15, -0.1) is 0 Å². The summed E-state index contributed by atoms with van der Waals surface area (Å²) in [7, 11) is 0. The van der Waals surface area contributed by atoms with Crippen molar-refractivity contribution in [1.29, 1.82) is 0 Å². The van der Waals surface area contributed by atoms with Gasteiger partial charge in [-0.1, -0.05) is 62.4 Å². The van der Waals surface area contributed by atoms with E-state index in [-0.39, 0.29) is 6.04 Å². The Morgan fingerprint density at radius 3 is 2.21 bits per heavy atom. The molecule has 0 spiro atoms. The van der Waals surface area contributed by atoms with Crippen molar-refractivity contribution in [2.45, 2.75) is 39.2 Å². The molecule has 0 aliphatic rings. The lowest BCUT2D eigenvalue weighted by Crippen LogP contribution is -2.14. The van der Waals surface area contributed by atoms with E-state index in [1.54, 1.807) is 0 Å². The van der Waals surface area contributed by atoms with Gasteiger partial charge in [0.05, 0.1) is 0 Å². The van der Waals surface area contributed by atoms with E-state index in [0.717, 1.165) is 19.3 Å². The molecule has 0 saturated heterocycles. The van der Waals surface area contributed by atoms with Crippen LogP contribution in [0.1, 0.15) is 42.1 Å². The summed E-state index contributed by atoms with van der Waals surface area (Å²) in [6, 6.07) is 17.2. The minimum absolute atomic E-state index is 0.0820. The fraction of sp³-hybridized carbons (Fsp3) is 0.333. The van der Waals surface area contributed by atoms with Crippen molar-refractivity contribution in [2.75, 3.05) is 0 Å². The second-order valence-electron chi connectivity index (χ2n) is 5.03. The minimum Gasteiger partial charge on any atom is -0.324 e. The van der Waals surface area contributed by atoms with E-state index >= 15 is 0 Å². The maximum atomic E-state index is 6.34. The molecular formula is C18H23N. The molecule has 1 atom stereocenters. The lowest BCUT2D eigenvalue weighted by molar-refractivity contribution is 0.719. The highest BCUT2D eigenvalue weighted by molar-refractivity contribution is 5.34. The molecule has 0 aliphatic heterocycles. The van der Waals surface area contributed by atoms with Gasteiger partial charge in [-0.2, -0.15) is 0 Å². The third-order valence-electron chi connectivity index (χ3n) is 3.72. The Morgan fingerprint density at radius 2 is 1.58 bits per heavy atom. The first-order chi connectivity index (χ1) is 9.24.